The Labute approximate surface area is 653 Å². The predicted molar refractivity (Wildman–Crippen MR) is 441 cm³/mol. The number of nitrogens with zero attached hydrogens (tertiary/aromatic N) is 6. The van der Waals surface area contributed by atoms with Crippen LogP contribution in [0.4, 0.5) is 4.79 Å². The van der Waals surface area contributed by atoms with E-state index in [4.69, 9.17) is 0 Å². The Morgan fingerprint density at radius 1 is 0.336 bits per heavy atom. The topological polar surface area (TPSA) is 294 Å². The number of urea groups is 1. The van der Waals surface area contributed by atoms with E-state index in [1.807, 2.05) is 158 Å². The number of carbonyl (C=O) groups is 6. The van der Waals surface area contributed by atoms with Crippen LogP contribution in [0.3, 0.4) is 0 Å². The zero-order valence-electron chi connectivity index (χ0n) is 72.6. The standard InChI is InChI=1S/2C10H19NO.2C9H19NO2S.C9H17NO.C8H16N2O.C8H15NO.C7H15NO2S.C6H13NO.C5H5N/c2*1-10(2,3)9(12)11-7-5-4-6-8-11;2*1-9(2,3)13(11,12)10-7-5-4-6-8-10;1-9(2,3)8(11)10-6-4-5-7-10;1-8(2,3)10-7(11)9-6-4-5-6;1-8(2,3)7(10)9-6-4-5-6;1-7(2,3)11(9,10)8-6-4-5-6;1-6(2,3)5(8)7-4;1-2-4-6-5-3-1/h2*4-8H2,1-3H3;2*4-8H2,1-3H3;4-7H2,1-3H3;6H,4-5H2,1-3H3,(H2,9,10,11);6H,4-5H2,1-3H3,(H,9,10);6,8H,4-5H2,1-3H3;1-4H3,(H,7,8);1-5H. The molecule has 107 heavy (non-hydrogen) atoms. The van der Waals surface area contributed by atoms with Crippen LogP contribution in [0.15, 0.2) is 30.6 Å². The molecule has 1 aromatic rings. The van der Waals surface area contributed by atoms with Gasteiger partial charge in [0.25, 0.3) is 0 Å². The number of aromatic nitrogens is 1. The van der Waals surface area contributed by atoms with E-state index in [1.54, 1.807) is 90.4 Å². The van der Waals surface area contributed by atoms with Gasteiger partial charge in [0, 0.05) is 136 Å². The second kappa shape index (κ2) is 45.3. The molecule has 8 fully saturated rings. The Hall–Kier alpha value is -4.50. The molecule has 7 amide bonds. The highest BCUT2D eigenvalue weighted by molar-refractivity contribution is 7.91. The molecule has 5 saturated heterocycles. The lowest BCUT2D eigenvalue weighted by Gasteiger charge is -2.32. The Balaban J connectivity index is 0.00000117. The molecule has 3 saturated carbocycles. The summed E-state index contributed by atoms with van der Waals surface area (Å²) in [6, 6.07) is 6.83. The van der Waals surface area contributed by atoms with Gasteiger partial charge in [-0.25, -0.2) is 43.4 Å². The first-order valence-electron chi connectivity index (χ1n) is 39.9. The zero-order valence-corrected chi connectivity index (χ0v) is 75.1. The van der Waals surface area contributed by atoms with Gasteiger partial charge in [-0.3, -0.25) is 29.0 Å². The van der Waals surface area contributed by atoms with Gasteiger partial charge in [0.1, 0.15) is 0 Å². The molecule has 9 rings (SSSR count). The van der Waals surface area contributed by atoms with Crippen molar-refractivity contribution in [3.8, 4) is 0 Å². The maximum atomic E-state index is 11.9. The van der Waals surface area contributed by atoms with Crippen LogP contribution in [0.1, 0.15) is 315 Å². The molecule has 626 valence electrons. The highest BCUT2D eigenvalue weighted by Gasteiger charge is 2.39. The quantitative estimate of drug-likeness (QED) is 0.177. The first-order chi connectivity index (χ1) is 48.5. The second-order valence-corrected chi connectivity index (χ2v) is 46.4. The number of sulfonamides is 3. The molecule has 6 heterocycles. The van der Waals surface area contributed by atoms with Crippen molar-refractivity contribution in [1.29, 1.82) is 0 Å². The monoisotopic (exact) mass is 1570 g/mol. The summed E-state index contributed by atoms with van der Waals surface area (Å²) in [5, 5.41) is 11.2. The van der Waals surface area contributed by atoms with Crippen LogP contribution < -0.4 is 26.0 Å². The molecule has 0 bridgehead atoms. The number of pyridine rings is 1. The fourth-order valence-corrected chi connectivity index (χ4v) is 14.3. The number of amides is 7. The molecule has 3 aliphatic carbocycles. The fourth-order valence-electron chi connectivity index (χ4n) is 10.2. The van der Waals surface area contributed by atoms with Crippen LogP contribution >= 0.6 is 0 Å². The summed E-state index contributed by atoms with van der Waals surface area (Å²) in [5.41, 5.74) is -1.17. The second-order valence-electron chi connectivity index (χ2n) is 38.6. The van der Waals surface area contributed by atoms with Crippen molar-refractivity contribution in [2.75, 3.05) is 72.5 Å². The van der Waals surface area contributed by atoms with Gasteiger partial charge in [-0.15, -0.1) is 0 Å². The molecule has 1 aromatic heterocycles. The smallest absolute Gasteiger partial charge is 0.315 e. The van der Waals surface area contributed by atoms with Crippen LogP contribution in [-0.2, 0) is 54.0 Å². The summed E-state index contributed by atoms with van der Waals surface area (Å²) in [5.74, 6) is 1.17. The Morgan fingerprint density at radius 2 is 0.607 bits per heavy atom. The van der Waals surface area contributed by atoms with Gasteiger partial charge in [-0.1, -0.05) is 123 Å². The van der Waals surface area contributed by atoms with E-state index < -0.39 is 44.3 Å². The summed E-state index contributed by atoms with van der Waals surface area (Å²) in [4.78, 5) is 77.9. The summed E-state index contributed by atoms with van der Waals surface area (Å²) in [7, 11) is -7.57. The van der Waals surface area contributed by atoms with E-state index in [0.29, 0.717) is 56.0 Å². The lowest BCUT2D eigenvalue weighted by Crippen LogP contribution is -2.47. The van der Waals surface area contributed by atoms with Gasteiger partial charge in [-0.2, -0.15) is 0 Å². The molecule has 0 unspecified atom stereocenters. The zero-order chi connectivity index (χ0) is 83.1. The Kier molecular flexibility index (Phi) is 43.4. The van der Waals surface area contributed by atoms with E-state index in [0.717, 1.165) is 103 Å². The van der Waals surface area contributed by atoms with Crippen molar-refractivity contribution in [1.82, 2.24) is 54.3 Å². The van der Waals surface area contributed by atoms with E-state index in [1.165, 1.54) is 64.2 Å². The number of carbonyl (C=O) groups excluding carboxylic acids is 6. The van der Waals surface area contributed by atoms with E-state index in [9.17, 15) is 54.0 Å². The van der Waals surface area contributed by atoms with Crippen LogP contribution in [-0.4, -0.2) is 200 Å². The van der Waals surface area contributed by atoms with Crippen molar-refractivity contribution in [3.63, 3.8) is 0 Å². The predicted octanol–water partition coefficient (Wildman–Crippen LogP) is 14.2. The average Bonchev–Trinajstić information content (AvgIpc) is 1.01. The van der Waals surface area contributed by atoms with Crippen molar-refractivity contribution >= 4 is 65.6 Å². The molecule has 23 nitrogen and oxygen atoms in total. The third kappa shape index (κ3) is 44.4. The number of hydrogen-bond acceptors (Lipinski definition) is 13. The average molecular weight is 1570 g/mol. The molecule has 5 N–H and O–H groups in total. The minimum absolute atomic E-state index is 0.0417. The van der Waals surface area contributed by atoms with E-state index in [-0.39, 0.29) is 56.5 Å². The molecule has 26 heteroatoms. The maximum Gasteiger partial charge on any atom is 0.315 e. The number of likely N-dealkylation sites (tertiary alicyclic amines) is 3. The van der Waals surface area contributed by atoms with Crippen LogP contribution in [0.5, 0.6) is 0 Å². The minimum Gasteiger partial charge on any atom is -0.359 e. The van der Waals surface area contributed by atoms with Crippen LogP contribution in [0.2, 0.25) is 0 Å². The van der Waals surface area contributed by atoms with Crippen molar-refractivity contribution < 1.29 is 54.0 Å². The Morgan fingerprint density at radius 3 is 0.804 bits per heavy atom. The lowest BCUT2D eigenvalue weighted by molar-refractivity contribution is -0.141. The van der Waals surface area contributed by atoms with Crippen LogP contribution in [0.25, 0.3) is 0 Å². The molecular weight excluding hydrogens is 1420 g/mol. The van der Waals surface area contributed by atoms with Crippen molar-refractivity contribution in [3.05, 3.63) is 30.6 Å². The minimum atomic E-state index is -3.08. The molecule has 0 spiro atoms. The van der Waals surface area contributed by atoms with Gasteiger partial charge in [0.05, 0.1) is 14.2 Å². The molecular formula is C81H157N11O12S3. The first-order valence-corrected chi connectivity index (χ1v) is 44.3. The van der Waals surface area contributed by atoms with Gasteiger partial charge >= 0.3 is 6.03 Å². The van der Waals surface area contributed by atoms with E-state index >= 15 is 0 Å². The summed E-state index contributed by atoms with van der Waals surface area (Å²) in [6.45, 7) is 59.6. The first kappa shape index (κ1) is 102. The largest absolute Gasteiger partial charge is 0.359 e. The fraction of sp³-hybridized carbons (Fsp3) is 0.864. The Bertz CT molecular complexity index is 2980. The highest BCUT2D eigenvalue weighted by atomic mass is 32.2. The van der Waals surface area contributed by atoms with Gasteiger partial charge in [0.2, 0.25) is 59.6 Å². The van der Waals surface area contributed by atoms with Crippen molar-refractivity contribution in [2.24, 2.45) is 27.1 Å². The summed E-state index contributed by atoms with van der Waals surface area (Å²) >= 11 is 0. The summed E-state index contributed by atoms with van der Waals surface area (Å²) < 4.78 is 74.5. The third-order valence-electron chi connectivity index (χ3n) is 17.6. The third-order valence-corrected chi connectivity index (χ3v) is 25.1. The molecule has 8 aliphatic rings. The molecule has 0 aromatic carbocycles. The van der Waals surface area contributed by atoms with E-state index in [2.05, 4.69) is 31.0 Å². The van der Waals surface area contributed by atoms with Gasteiger partial charge < -0.3 is 36.0 Å². The normalized spacial score (nSPS) is 18.5. The summed E-state index contributed by atoms with van der Waals surface area (Å²) in [6.07, 6.45) is 26.1. The van der Waals surface area contributed by atoms with Crippen LogP contribution in [0, 0.1) is 27.1 Å². The van der Waals surface area contributed by atoms with Crippen molar-refractivity contribution in [2.45, 2.75) is 353 Å². The van der Waals surface area contributed by atoms with Gasteiger partial charge in [0.15, 0.2) is 0 Å². The molecule has 5 aliphatic heterocycles. The number of hydrogen-bond donors (Lipinski definition) is 5. The maximum absolute atomic E-state index is 11.9. The SMILES string of the molecule is CC(C)(C)C(=O)N1CCCC1.CC(C)(C)C(=O)N1CCCCC1.CC(C)(C)C(=O)N1CCCCC1.CC(C)(C)C(=O)NC1CC1.CC(C)(C)NC(=O)NC1CC1.CC(C)(C)S(=O)(=O)N1CCCCC1.CC(C)(C)S(=O)(=O)N1CCCCC1.CC(C)(C)S(=O)(=O)NC1CC1.CNC(=O)C(C)(C)C.c1ccncc1. The lowest BCUT2D eigenvalue weighted by atomic mass is 9.93. The van der Waals surface area contributed by atoms with Gasteiger partial charge in [-0.05, 0) is 211 Å². The number of nitrogens with one attached hydrogen (secondary N) is 5. The highest BCUT2D eigenvalue weighted by Crippen LogP contribution is 2.29. The molecule has 0 atom stereocenters. The molecule has 0 radical (unpaired) electrons. The number of piperidine rings is 4. The number of rotatable bonds is 6.